The molecule has 0 aromatic heterocycles. The largest absolute Gasteiger partial charge is 0.396 e. The maximum absolute atomic E-state index is 10.2. The molecule has 0 bridgehead atoms. The van der Waals surface area contributed by atoms with Crippen LogP contribution in [0.2, 0.25) is 0 Å². The third-order valence-corrected chi connectivity index (χ3v) is 11.2. The lowest BCUT2D eigenvalue weighted by atomic mass is 9.47. The quantitative estimate of drug-likeness (QED) is 0.478. The summed E-state index contributed by atoms with van der Waals surface area (Å²) in [4.78, 5) is 0. The number of aliphatic hydroxyl groups excluding tert-OH is 2. The molecule has 4 rings (SSSR count). The predicted molar refractivity (Wildman–Crippen MR) is 125 cm³/mol. The maximum atomic E-state index is 10.2. The second-order valence-corrected chi connectivity index (χ2v) is 12.6. The van der Waals surface area contributed by atoms with Crippen molar-refractivity contribution >= 4 is 0 Å². The van der Waals surface area contributed by atoms with Crippen LogP contribution >= 0.6 is 0 Å². The fraction of sp³-hybridized carbons (Fsp3) is 0.929. The zero-order valence-corrected chi connectivity index (χ0v) is 20.4. The number of hydrogen-bond acceptors (Lipinski definition) is 2. The number of rotatable bonds is 6. The molecule has 0 radical (unpaired) electrons. The Hall–Kier alpha value is -0.340. The predicted octanol–water partition coefficient (Wildman–Crippen LogP) is 6.61. The van der Waals surface area contributed by atoms with E-state index in [9.17, 15) is 10.2 Å². The highest BCUT2D eigenvalue weighted by Gasteiger charge is 2.59. The summed E-state index contributed by atoms with van der Waals surface area (Å²) in [6, 6.07) is 0. The average Bonchev–Trinajstić information content (AvgIpc) is 3.09. The van der Waals surface area contributed by atoms with Crippen LogP contribution in [-0.4, -0.2) is 22.9 Å². The fourth-order valence-corrected chi connectivity index (χ4v) is 8.81. The van der Waals surface area contributed by atoms with Crippen LogP contribution in [0, 0.1) is 52.3 Å². The summed E-state index contributed by atoms with van der Waals surface area (Å²) >= 11 is 0. The van der Waals surface area contributed by atoms with E-state index in [1.165, 1.54) is 51.4 Å². The average molecular weight is 417 g/mol. The Bertz CT molecular complexity index is 641. The Kier molecular flexibility index (Phi) is 6.50. The van der Waals surface area contributed by atoms with Gasteiger partial charge in [-0.15, -0.1) is 0 Å². The molecule has 0 unspecified atom stereocenters. The van der Waals surface area contributed by atoms with Gasteiger partial charge in [0.05, 0.1) is 6.10 Å². The molecular formula is C28H48O2. The lowest BCUT2D eigenvalue weighted by Gasteiger charge is -2.58. The molecule has 2 N–H and O–H groups in total. The number of fused-ring (bicyclic) bond motifs is 5. The van der Waals surface area contributed by atoms with Gasteiger partial charge in [-0.2, -0.15) is 0 Å². The third-order valence-electron chi connectivity index (χ3n) is 11.2. The zero-order valence-electron chi connectivity index (χ0n) is 20.4. The van der Waals surface area contributed by atoms with Crippen molar-refractivity contribution in [3.8, 4) is 0 Å². The van der Waals surface area contributed by atoms with Crippen LogP contribution in [0.4, 0.5) is 0 Å². The highest BCUT2D eigenvalue weighted by Crippen LogP contribution is 2.67. The van der Waals surface area contributed by atoms with Crippen molar-refractivity contribution in [2.75, 3.05) is 6.61 Å². The van der Waals surface area contributed by atoms with Crippen molar-refractivity contribution in [2.24, 2.45) is 52.3 Å². The van der Waals surface area contributed by atoms with E-state index in [0.717, 1.165) is 42.4 Å². The number of hydrogen-bond donors (Lipinski definition) is 2. The van der Waals surface area contributed by atoms with Gasteiger partial charge in [0.1, 0.15) is 0 Å². The molecule has 0 amide bonds. The summed E-state index contributed by atoms with van der Waals surface area (Å²) < 4.78 is 0. The minimum Gasteiger partial charge on any atom is -0.396 e. The van der Waals surface area contributed by atoms with E-state index in [2.05, 4.69) is 40.7 Å². The Morgan fingerprint density at radius 1 is 0.967 bits per heavy atom. The summed E-state index contributed by atoms with van der Waals surface area (Å²) in [6.45, 7) is 12.6. The first-order valence-electron chi connectivity index (χ1n) is 13.2. The normalized spacial score (nSPS) is 46.2. The van der Waals surface area contributed by atoms with Gasteiger partial charge in [0.15, 0.2) is 0 Å². The van der Waals surface area contributed by atoms with Crippen molar-refractivity contribution in [3.05, 3.63) is 11.6 Å². The minimum atomic E-state index is -0.0950. The second-order valence-electron chi connectivity index (χ2n) is 12.6. The standard InChI is InChI=1S/C28H48O2/c1-18(20(3)17-29)6-7-19(2)24-10-11-25-23-9-8-21-16-22(30)12-14-27(21,4)26(23)13-15-28(24,25)5/h8,18-20,22-26,29-30H,6-7,9-17H2,1-5H3/t18-,19-,20-,22+,23+,24-,25+,26+,27+,28-/m1/s1. The molecule has 10 atom stereocenters. The molecule has 30 heavy (non-hydrogen) atoms. The van der Waals surface area contributed by atoms with Gasteiger partial charge in [-0.3, -0.25) is 0 Å². The smallest absolute Gasteiger partial charge is 0.0577 e. The van der Waals surface area contributed by atoms with Crippen LogP contribution in [0.1, 0.15) is 98.8 Å². The molecule has 0 aromatic carbocycles. The van der Waals surface area contributed by atoms with Gasteiger partial charge in [0.2, 0.25) is 0 Å². The van der Waals surface area contributed by atoms with E-state index in [0.29, 0.717) is 29.3 Å². The van der Waals surface area contributed by atoms with E-state index in [1.807, 2.05) is 0 Å². The molecule has 2 heteroatoms. The van der Waals surface area contributed by atoms with E-state index in [-0.39, 0.29) is 6.10 Å². The van der Waals surface area contributed by atoms with Crippen LogP contribution in [0.25, 0.3) is 0 Å². The Morgan fingerprint density at radius 2 is 1.73 bits per heavy atom. The summed E-state index contributed by atoms with van der Waals surface area (Å²) in [5, 5.41) is 19.7. The molecule has 0 spiro atoms. The van der Waals surface area contributed by atoms with E-state index < -0.39 is 0 Å². The van der Waals surface area contributed by atoms with Crippen molar-refractivity contribution in [1.29, 1.82) is 0 Å². The van der Waals surface area contributed by atoms with Crippen molar-refractivity contribution in [2.45, 2.75) is 105 Å². The van der Waals surface area contributed by atoms with Crippen LogP contribution in [0.15, 0.2) is 11.6 Å². The zero-order chi connectivity index (χ0) is 21.7. The van der Waals surface area contributed by atoms with E-state index in [1.54, 1.807) is 5.57 Å². The molecule has 172 valence electrons. The van der Waals surface area contributed by atoms with Crippen LogP contribution in [0.5, 0.6) is 0 Å². The highest BCUT2D eigenvalue weighted by atomic mass is 16.3. The summed E-state index contributed by atoms with van der Waals surface area (Å²) in [5.41, 5.74) is 2.49. The monoisotopic (exact) mass is 416 g/mol. The Morgan fingerprint density at radius 3 is 2.47 bits per heavy atom. The SMILES string of the molecule is C[C@H](CO)[C@H](C)CC[C@@H](C)[C@H]1CC[C@H]2[C@@H]3CC=C4C[C@@H](O)CC[C@]4(C)[C@H]3CC[C@]12C. The van der Waals surface area contributed by atoms with Crippen LogP contribution in [-0.2, 0) is 0 Å². The Labute approximate surface area is 185 Å². The first-order valence-corrected chi connectivity index (χ1v) is 13.2. The van der Waals surface area contributed by atoms with Crippen molar-refractivity contribution in [3.63, 3.8) is 0 Å². The van der Waals surface area contributed by atoms with Gasteiger partial charge >= 0.3 is 0 Å². The molecule has 3 fully saturated rings. The van der Waals surface area contributed by atoms with Gasteiger partial charge in [-0.05, 0) is 104 Å². The van der Waals surface area contributed by atoms with Crippen LogP contribution < -0.4 is 0 Å². The van der Waals surface area contributed by atoms with Gasteiger partial charge < -0.3 is 10.2 Å². The molecule has 4 aliphatic rings. The maximum Gasteiger partial charge on any atom is 0.0577 e. The second kappa shape index (κ2) is 8.54. The van der Waals surface area contributed by atoms with Gasteiger partial charge in [0.25, 0.3) is 0 Å². The molecule has 0 saturated heterocycles. The third kappa shape index (κ3) is 3.72. The Balaban J connectivity index is 1.46. The highest BCUT2D eigenvalue weighted by molar-refractivity contribution is 5.25. The first-order chi connectivity index (χ1) is 14.2. The van der Waals surface area contributed by atoms with Gasteiger partial charge in [-0.1, -0.05) is 59.1 Å². The minimum absolute atomic E-state index is 0.0950. The molecule has 3 saturated carbocycles. The molecule has 0 heterocycles. The van der Waals surface area contributed by atoms with Crippen molar-refractivity contribution in [1.82, 2.24) is 0 Å². The van der Waals surface area contributed by atoms with Gasteiger partial charge in [-0.25, -0.2) is 0 Å². The summed E-state index contributed by atoms with van der Waals surface area (Å²) in [7, 11) is 0. The number of aliphatic hydroxyl groups is 2. The van der Waals surface area contributed by atoms with Crippen LogP contribution in [0.3, 0.4) is 0 Å². The summed E-state index contributed by atoms with van der Waals surface area (Å²) in [6.07, 6.45) is 15.2. The fourth-order valence-electron chi connectivity index (χ4n) is 8.81. The molecule has 0 aliphatic heterocycles. The topological polar surface area (TPSA) is 40.5 Å². The molecule has 0 aromatic rings. The molecule has 2 nitrogen and oxygen atoms in total. The van der Waals surface area contributed by atoms with Gasteiger partial charge in [0, 0.05) is 6.61 Å². The molecular weight excluding hydrogens is 368 g/mol. The lowest BCUT2D eigenvalue weighted by molar-refractivity contribution is -0.0575. The first kappa shape index (κ1) is 22.8. The van der Waals surface area contributed by atoms with E-state index >= 15 is 0 Å². The summed E-state index contributed by atoms with van der Waals surface area (Å²) in [5.74, 6) is 5.37. The number of allylic oxidation sites excluding steroid dienone is 1. The molecule has 4 aliphatic carbocycles. The van der Waals surface area contributed by atoms with E-state index in [4.69, 9.17) is 0 Å². The van der Waals surface area contributed by atoms with Crippen molar-refractivity contribution < 1.29 is 10.2 Å². The lowest BCUT2D eigenvalue weighted by Crippen LogP contribution is -2.50.